The Labute approximate surface area is 103 Å². The first-order valence-corrected chi connectivity index (χ1v) is 6.53. The van der Waals surface area contributed by atoms with E-state index in [9.17, 15) is 4.79 Å². The summed E-state index contributed by atoms with van der Waals surface area (Å²) in [4.78, 5) is 15.8. The number of hydrogen-bond donors (Lipinski definition) is 1. The van der Waals surface area contributed by atoms with Gasteiger partial charge in [-0.15, -0.1) is 0 Å². The molecule has 0 bridgehead atoms. The number of amides is 2. The van der Waals surface area contributed by atoms with Crippen LogP contribution in [0.2, 0.25) is 0 Å². The zero-order valence-electron chi connectivity index (χ0n) is 9.51. The Kier molecular flexibility index (Phi) is 2.54. The molecule has 0 radical (unpaired) electrons. The van der Waals surface area contributed by atoms with Crippen LogP contribution < -0.4 is 5.32 Å². The molecule has 7 heteroatoms. The molecule has 1 N–H and O–H groups in total. The fraction of sp³-hybridized carbons (Fsp3) is 0.500. The molecule has 0 spiro atoms. The highest BCUT2D eigenvalue weighted by Gasteiger charge is 2.20. The topological polar surface area (TPSA) is 62.5 Å². The molecule has 2 aliphatic rings. The molecule has 1 aromatic rings. The Morgan fingerprint density at radius 3 is 3.18 bits per heavy atom. The van der Waals surface area contributed by atoms with Crippen LogP contribution in [0.5, 0.6) is 0 Å². The van der Waals surface area contributed by atoms with Gasteiger partial charge >= 0.3 is 6.03 Å². The molecule has 2 aliphatic heterocycles. The zero-order valence-corrected chi connectivity index (χ0v) is 10.3. The van der Waals surface area contributed by atoms with Crippen molar-refractivity contribution in [1.29, 1.82) is 0 Å². The van der Waals surface area contributed by atoms with E-state index in [-0.39, 0.29) is 6.03 Å². The van der Waals surface area contributed by atoms with Crippen LogP contribution in [-0.2, 0) is 6.54 Å². The van der Waals surface area contributed by atoms with E-state index in [1.54, 1.807) is 18.0 Å². The summed E-state index contributed by atoms with van der Waals surface area (Å²) in [6.07, 6.45) is 1.74. The highest BCUT2D eigenvalue weighted by atomic mass is 32.2. The van der Waals surface area contributed by atoms with Crippen molar-refractivity contribution in [2.24, 2.45) is 5.10 Å². The molecule has 0 saturated carbocycles. The number of imidazole rings is 1. The standard InChI is InChI=1S/C10H13N5OS/c1-7-8(14-4-5-17-10(14)13-7)6-12-15-3-2-11-9(15)16/h6H,2-5H2,1H3,(H,11,16)/b12-6+. The predicted molar refractivity (Wildman–Crippen MR) is 65.4 cm³/mol. The molecule has 1 fully saturated rings. The number of thioether (sulfide) groups is 1. The Morgan fingerprint density at radius 2 is 2.41 bits per heavy atom. The fourth-order valence-electron chi connectivity index (χ4n) is 1.97. The van der Waals surface area contributed by atoms with Gasteiger partial charge in [-0.1, -0.05) is 11.8 Å². The van der Waals surface area contributed by atoms with Gasteiger partial charge in [-0.3, -0.25) is 0 Å². The molecule has 0 atom stereocenters. The van der Waals surface area contributed by atoms with Gasteiger partial charge in [-0.25, -0.2) is 14.8 Å². The van der Waals surface area contributed by atoms with Crippen molar-refractivity contribution in [3.63, 3.8) is 0 Å². The number of hydrogen-bond acceptors (Lipinski definition) is 4. The van der Waals surface area contributed by atoms with E-state index in [1.165, 1.54) is 5.01 Å². The second-order valence-corrected chi connectivity index (χ2v) is 5.03. The summed E-state index contributed by atoms with van der Waals surface area (Å²) in [7, 11) is 0. The lowest BCUT2D eigenvalue weighted by Gasteiger charge is -2.06. The number of hydrazone groups is 1. The van der Waals surface area contributed by atoms with E-state index in [1.807, 2.05) is 6.92 Å². The van der Waals surface area contributed by atoms with Crippen LogP contribution in [0.4, 0.5) is 4.79 Å². The SMILES string of the molecule is Cc1nc2n(c1/C=N/N1CCNC1=O)CCS2. The highest BCUT2D eigenvalue weighted by molar-refractivity contribution is 7.99. The van der Waals surface area contributed by atoms with Gasteiger partial charge in [-0.05, 0) is 6.92 Å². The van der Waals surface area contributed by atoms with Crippen LogP contribution in [0, 0.1) is 6.92 Å². The summed E-state index contributed by atoms with van der Waals surface area (Å²) >= 11 is 1.76. The van der Waals surface area contributed by atoms with E-state index < -0.39 is 0 Å². The van der Waals surface area contributed by atoms with Gasteiger partial charge in [0, 0.05) is 18.8 Å². The maximum absolute atomic E-state index is 11.3. The van der Waals surface area contributed by atoms with Crippen LogP contribution in [0.25, 0.3) is 0 Å². The van der Waals surface area contributed by atoms with Gasteiger partial charge < -0.3 is 9.88 Å². The fourth-order valence-corrected chi connectivity index (χ4v) is 2.98. The van der Waals surface area contributed by atoms with Crippen LogP contribution in [0.1, 0.15) is 11.4 Å². The average molecular weight is 251 g/mol. The first-order valence-electron chi connectivity index (χ1n) is 5.55. The van der Waals surface area contributed by atoms with Crippen LogP contribution in [0.15, 0.2) is 10.3 Å². The molecule has 2 amide bonds. The molecule has 3 heterocycles. The van der Waals surface area contributed by atoms with E-state index in [0.29, 0.717) is 13.1 Å². The Bertz CT molecular complexity index is 495. The first-order chi connectivity index (χ1) is 8.25. The lowest BCUT2D eigenvalue weighted by Crippen LogP contribution is -2.23. The minimum absolute atomic E-state index is 0.130. The normalized spacial score (nSPS) is 19.1. The van der Waals surface area contributed by atoms with Gasteiger partial charge in [-0.2, -0.15) is 5.10 Å². The quantitative estimate of drug-likeness (QED) is 0.785. The molecule has 90 valence electrons. The molecule has 17 heavy (non-hydrogen) atoms. The van der Waals surface area contributed by atoms with Crippen molar-refractivity contribution in [2.75, 3.05) is 18.8 Å². The Balaban J connectivity index is 1.85. The largest absolute Gasteiger partial charge is 0.337 e. The number of carbonyl (C=O) groups is 1. The summed E-state index contributed by atoms with van der Waals surface area (Å²) in [5, 5.41) is 9.42. The van der Waals surface area contributed by atoms with Crippen molar-refractivity contribution >= 4 is 24.0 Å². The summed E-state index contributed by atoms with van der Waals surface area (Å²) < 4.78 is 2.15. The first kappa shape index (κ1) is 10.6. The second kappa shape index (κ2) is 4.06. The Morgan fingerprint density at radius 1 is 1.53 bits per heavy atom. The maximum atomic E-state index is 11.3. The smallest absolute Gasteiger partial charge is 0.335 e. The minimum Gasteiger partial charge on any atom is -0.335 e. The summed E-state index contributed by atoms with van der Waals surface area (Å²) in [6.45, 7) is 4.23. The summed E-state index contributed by atoms with van der Waals surface area (Å²) in [6, 6.07) is -0.130. The van der Waals surface area contributed by atoms with Crippen LogP contribution >= 0.6 is 11.8 Å². The van der Waals surface area contributed by atoms with E-state index >= 15 is 0 Å². The molecule has 0 aromatic carbocycles. The van der Waals surface area contributed by atoms with E-state index in [4.69, 9.17) is 0 Å². The van der Waals surface area contributed by atoms with Gasteiger partial charge in [0.25, 0.3) is 0 Å². The van der Waals surface area contributed by atoms with Crippen molar-refractivity contribution in [3.05, 3.63) is 11.4 Å². The van der Waals surface area contributed by atoms with Crippen molar-refractivity contribution in [3.8, 4) is 0 Å². The van der Waals surface area contributed by atoms with Crippen LogP contribution in [0.3, 0.4) is 0 Å². The van der Waals surface area contributed by atoms with Gasteiger partial charge in [0.05, 0.1) is 24.1 Å². The molecule has 6 nitrogen and oxygen atoms in total. The van der Waals surface area contributed by atoms with Crippen molar-refractivity contribution in [1.82, 2.24) is 19.9 Å². The second-order valence-electron chi connectivity index (χ2n) is 3.96. The number of urea groups is 1. The maximum Gasteiger partial charge on any atom is 0.337 e. The van der Waals surface area contributed by atoms with Crippen LogP contribution in [-0.4, -0.2) is 45.6 Å². The summed E-state index contributed by atoms with van der Waals surface area (Å²) in [5.74, 6) is 1.06. The van der Waals surface area contributed by atoms with Gasteiger partial charge in [0.2, 0.25) is 0 Å². The molecule has 0 aliphatic carbocycles. The third kappa shape index (κ3) is 1.80. The number of nitrogens with zero attached hydrogens (tertiary/aromatic N) is 4. The third-order valence-corrected chi connectivity index (χ3v) is 3.81. The van der Waals surface area contributed by atoms with Gasteiger partial charge in [0.15, 0.2) is 5.16 Å². The molecular formula is C10H13N5OS. The highest BCUT2D eigenvalue weighted by Crippen LogP contribution is 2.26. The molecular weight excluding hydrogens is 238 g/mol. The van der Waals surface area contributed by atoms with E-state index in [0.717, 1.165) is 28.8 Å². The number of aromatic nitrogens is 2. The van der Waals surface area contributed by atoms with E-state index in [2.05, 4.69) is 20.0 Å². The zero-order chi connectivity index (χ0) is 11.8. The number of carbonyl (C=O) groups excluding carboxylic acids is 1. The van der Waals surface area contributed by atoms with Crippen molar-refractivity contribution in [2.45, 2.75) is 18.6 Å². The molecule has 0 unspecified atom stereocenters. The number of fused-ring (bicyclic) bond motifs is 1. The number of nitrogens with one attached hydrogen (secondary N) is 1. The van der Waals surface area contributed by atoms with Crippen molar-refractivity contribution < 1.29 is 4.79 Å². The number of rotatable bonds is 2. The monoisotopic (exact) mass is 251 g/mol. The lowest BCUT2D eigenvalue weighted by atomic mass is 10.3. The number of aryl methyl sites for hydroxylation is 1. The third-order valence-electron chi connectivity index (χ3n) is 2.86. The molecule has 3 rings (SSSR count). The Hall–Kier alpha value is -1.50. The minimum atomic E-state index is -0.130. The average Bonchev–Trinajstić information content (AvgIpc) is 2.94. The molecule has 1 saturated heterocycles. The molecule has 1 aromatic heterocycles. The van der Waals surface area contributed by atoms with Gasteiger partial charge in [0.1, 0.15) is 0 Å². The lowest BCUT2D eigenvalue weighted by molar-refractivity contribution is 0.219. The predicted octanol–water partition coefficient (Wildman–Crippen LogP) is 0.656. The summed E-state index contributed by atoms with van der Waals surface area (Å²) in [5.41, 5.74) is 1.97.